The number of rotatable bonds is 6. The number of carbonyl (C=O) groups is 2. The molecule has 1 saturated carbocycles. The number of hydrogen-bond donors (Lipinski definition) is 3. The van der Waals surface area contributed by atoms with Gasteiger partial charge >= 0.3 is 6.03 Å². The van der Waals surface area contributed by atoms with E-state index in [4.69, 9.17) is 4.74 Å². The Kier molecular flexibility index (Phi) is 10.3. The monoisotopic (exact) mass is 573 g/mol. The lowest BCUT2D eigenvalue weighted by atomic mass is 9.91. The quantitative estimate of drug-likeness (QED) is 0.217. The maximum atomic E-state index is 13.3. The van der Waals surface area contributed by atoms with E-state index >= 15 is 0 Å². The average Bonchev–Trinajstić information content (AvgIpc) is 3.40. The highest BCUT2D eigenvalue weighted by Gasteiger charge is 2.33. The number of anilines is 3. The summed E-state index contributed by atoms with van der Waals surface area (Å²) in [4.78, 5) is 33.9. The number of ether oxygens (including phenoxy) is 1. The third-order valence-electron chi connectivity index (χ3n) is 7.00. The van der Waals surface area contributed by atoms with Crippen molar-refractivity contribution in [2.75, 3.05) is 17.3 Å². The highest BCUT2D eigenvalue weighted by molar-refractivity contribution is 7.21. The first kappa shape index (κ1) is 30.0. The van der Waals surface area contributed by atoms with Crippen molar-refractivity contribution in [1.82, 2.24) is 15.6 Å². The summed E-state index contributed by atoms with van der Waals surface area (Å²) in [6.45, 7) is 8.00. The zero-order chi connectivity index (χ0) is 29.4. The second-order valence-electron chi connectivity index (χ2n) is 9.30. The Morgan fingerprint density at radius 3 is 2.22 bits per heavy atom. The van der Waals surface area contributed by atoms with Gasteiger partial charge in [-0.15, -0.1) is 11.3 Å². The van der Waals surface area contributed by atoms with Crippen LogP contribution in [0.4, 0.5) is 21.9 Å². The van der Waals surface area contributed by atoms with Crippen molar-refractivity contribution in [1.29, 1.82) is 0 Å². The minimum absolute atomic E-state index is 0.134. The van der Waals surface area contributed by atoms with Gasteiger partial charge in [-0.1, -0.05) is 45.9 Å². The summed E-state index contributed by atoms with van der Waals surface area (Å²) in [7, 11) is 1.98. The number of thiophene rings is 1. The van der Waals surface area contributed by atoms with Crippen molar-refractivity contribution in [2.45, 2.75) is 65.5 Å². The number of amides is 3. The van der Waals surface area contributed by atoms with E-state index < -0.39 is 0 Å². The second kappa shape index (κ2) is 14.1. The Morgan fingerprint density at radius 1 is 0.927 bits per heavy atom. The molecule has 9 heteroatoms. The Balaban J connectivity index is 0.000000929. The van der Waals surface area contributed by atoms with E-state index in [0.717, 1.165) is 36.8 Å². The number of para-hydroxylation sites is 1. The maximum Gasteiger partial charge on any atom is 0.331 e. The Morgan fingerprint density at radius 2 is 1.56 bits per heavy atom. The van der Waals surface area contributed by atoms with Crippen molar-refractivity contribution in [3.05, 3.63) is 71.7 Å². The molecule has 0 saturated heterocycles. The van der Waals surface area contributed by atoms with Gasteiger partial charge in [0.1, 0.15) is 21.2 Å². The lowest BCUT2D eigenvalue weighted by Crippen LogP contribution is -2.41. The molecule has 2 aromatic heterocycles. The van der Waals surface area contributed by atoms with Gasteiger partial charge in [0.15, 0.2) is 0 Å². The van der Waals surface area contributed by atoms with Gasteiger partial charge in [-0.3, -0.25) is 9.69 Å². The molecule has 0 atom stereocenters. The lowest BCUT2D eigenvalue weighted by molar-refractivity contribution is 0.0929. The van der Waals surface area contributed by atoms with E-state index in [1.165, 1.54) is 11.3 Å². The van der Waals surface area contributed by atoms with Crippen LogP contribution in [0.5, 0.6) is 11.5 Å². The normalized spacial score (nSPS) is 17.4. The summed E-state index contributed by atoms with van der Waals surface area (Å²) >= 11 is 1.31. The molecule has 3 N–H and O–H groups in total. The molecule has 0 spiro atoms. The van der Waals surface area contributed by atoms with E-state index in [1.807, 2.05) is 95.4 Å². The minimum atomic E-state index is -0.321. The predicted octanol–water partition coefficient (Wildman–Crippen LogP) is 8.09. The molecule has 2 aromatic carbocycles. The van der Waals surface area contributed by atoms with E-state index in [9.17, 15) is 9.59 Å². The first-order chi connectivity index (χ1) is 20.1. The first-order valence-electron chi connectivity index (χ1n) is 14.4. The molecule has 0 bridgehead atoms. The van der Waals surface area contributed by atoms with E-state index in [1.54, 1.807) is 11.1 Å². The largest absolute Gasteiger partial charge is 0.457 e. The van der Waals surface area contributed by atoms with Crippen molar-refractivity contribution < 1.29 is 14.3 Å². The fraction of sp³-hybridized carbons (Fsp3) is 0.344. The molecule has 3 heterocycles. The van der Waals surface area contributed by atoms with Crippen LogP contribution in [0.2, 0.25) is 0 Å². The summed E-state index contributed by atoms with van der Waals surface area (Å²) in [5.74, 6) is 1.25. The molecule has 6 rings (SSSR count). The Bertz CT molecular complexity index is 1450. The molecule has 3 amide bonds. The van der Waals surface area contributed by atoms with Crippen LogP contribution in [0.3, 0.4) is 0 Å². The third-order valence-corrected chi connectivity index (χ3v) is 8.09. The Hall–Kier alpha value is -3.95. The van der Waals surface area contributed by atoms with Crippen LogP contribution in [-0.2, 0) is 0 Å². The third kappa shape index (κ3) is 6.52. The van der Waals surface area contributed by atoms with Crippen LogP contribution in [-0.4, -0.2) is 36.1 Å². The zero-order valence-corrected chi connectivity index (χ0v) is 25.2. The van der Waals surface area contributed by atoms with Gasteiger partial charge in [-0.25, -0.2) is 9.78 Å². The van der Waals surface area contributed by atoms with Crippen molar-refractivity contribution in [2.24, 2.45) is 0 Å². The number of hydrogen-bond acceptors (Lipinski definition) is 6. The zero-order valence-electron chi connectivity index (χ0n) is 24.4. The van der Waals surface area contributed by atoms with Gasteiger partial charge in [0.25, 0.3) is 5.91 Å². The number of aromatic nitrogens is 1. The van der Waals surface area contributed by atoms with Gasteiger partial charge in [-0.2, -0.15) is 0 Å². The molecule has 0 unspecified atom stereocenters. The number of carbonyl (C=O) groups excluding carboxylic acids is 2. The van der Waals surface area contributed by atoms with Crippen LogP contribution in [0.25, 0.3) is 10.2 Å². The van der Waals surface area contributed by atoms with Gasteiger partial charge in [0.2, 0.25) is 0 Å². The van der Waals surface area contributed by atoms with Crippen LogP contribution >= 0.6 is 11.3 Å². The fourth-order valence-electron chi connectivity index (χ4n) is 5.07. The SMILES string of the molecule is CC.CC.CNC1CCC(NC(=O)c2sc3nccc4c3c2NC(=O)N4c2ccc(Oc3ccccc3)cc2)CC1. The molecule has 2 aliphatic rings. The smallest absolute Gasteiger partial charge is 0.331 e. The summed E-state index contributed by atoms with van der Waals surface area (Å²) < 4.78 is 5.89. The second-order valence-corrected chi connectivity index (χ2v) is 10.3. The number of nitrogens with zero attached hydrogens (tertiary/aromatic N) is 2. The molecule has 1 aliphatic carbocycles. The fourth-order valence-corrected chi connectivity index (χ4v) is 6.09. The molecule has 0 radical (unpaired) electrons. The van der Waals surface area contributed by atoms with Gasteiger partial charge in [0.05, 0.1) is 22.4 Å². The molecule has 41 heavy (non-hydrogen) atoms. The summed E-state index contributed by atoms with van der Waals surface area (Å²) in [5.41, 5.74) is 1.93. The molecular formula is C32H39N5O3S. The molecule has 1 aliphatic heterocycles. The topological polar surface area (TPSA) is 95.6 Å². The molecule has 216 valence electrons. The number of nitrogens with one attached hydrogen (secondary N) is 3. The summed E-state index contributed by atoms with van der Waals surface area (Å²) in [5, 5.41) is 10.2. The highest BCUT2D eigenvalue weighted by Crippen LogP contribution is 2.46. The van der Waals surface area contributed by atoms with E-state index in [2.05, 4.69) is 20.9 Å². The number of pyridine rings is 1. The van der Waals surface area contributed by atoms with Gasteiger partial charge in [0, 0.05) is 18.3 Å². The number of urea groups is 1. The van der Waals surface area contributed by atoms with E-state index in [-0.39, 0.29) is 18.0 Å². The molecule has 8 nitrogen and oxygen atoms in total. The van der Waals surface area contributed by atoms with Crippen LogP contribution in [0, 0.1) is 0 Å². The highest BCUT2D eigenvalue weighted by atomic mass is 32.1. The van der Waals surface area contributed by atoms with Crippen LogP contribution in [0.1, 0.15) is 63.0 Å². The number of benzene rings is 2. The van der Waals surface area contributed by atoms with Gasteiger partial charge < -0.3 is 20.7 Å². The average molecular weight is 574 g/mol. The first-order valence-corrected chi connectivity index (χ1v) is 15.3. The summed E-state index contributed by atoms with van der Waals surface area (Å²) in [6.07, 6.45) is 5.62. The van der Waals surface area contributed by atoms with Gasteiger partial charge in [-0.05, 0) is 75.2 Å². The lowest BCUT2D eigenvalue weighted by Gasteiger charge is -2.29. The minimum Gasteiger partial charge on any atom is -0.457 e. The molecular weight excluding hydrogens is 534 g/mol. The van der Waals surface area contributed by atoms with E-state index in [0.29, 0.717) is 38.6 Å². The van der Waals surface area contributed by atoms with Crippen LogP contribution < -0.4 is 25.6 Å². The maximum absolute atomic E-state index is 13.3. The van der Waals surface area contributed by atoms with Crippen molar-refractivity contribution in [3.63, 3.8) is 0 Å². The molecule has 1 fully saturated rings. The van der Waals surface area contributed by atoms with Crippen LogP contribution in [0.15, 0.2) is 66.9 Å². The Labute approximate surface area is 246 Å². The summed E-state index contributed by atoms with van der Waals surface area (Å²) in [6, 6.07) is 19.0. The van der Waals surface area contributed by atoms with Crippen molar-refractivity contribution >= 4 is 50.6 Å². The molecule has 4 aromatic rings. The van der Waals surface area contributed by atoms with Crippen molar-refractivity contribution in [3.8, 4) is 11.5 Å². The standard InChI is InChI=1S/C28H27N5O3S.2C2H6/c1-29-17-7-9-18(10-8-17)31-26(34)25-24-23-22(15-16-30-27(23)37-25)33(28(35)32-24)19-11-13-21(14-12-19)36-20-5-3-2-4-6-20;2*1-2/h2-6,11-18,29H,7-10H2,1H3,(H,31,34)(H,32,35);2*1-2H3. The predicted molar refractivity (Wildman–Crippen MR) is 169 cm³/mol.